The molecule has 0 saturated heterocycles. The van der Waals surface area contributed by atoms with Gasteiger partial charge >= 0.3 is 0 Å². The maximum Gasteiger partial charge on any atom is 0.116 e. The van der Waals surface area contributed by atoms with E-state index in [2.05, 4.69) is 42.5 Å². The number of nitrogens with two attached hydrogens (primary N) is 1. The van der Waals surface area contributed by atoms with Gasteiger partial charge in [0.1, 0.15) is 5.75 Å². The quantitative estimate of drug-likeness (QED) is 0.583. The van der Waals surface area contributed by atoms with Crippen LogP contribution in [0.1, 0.15) is 16.7 Å². The minimum atomic E-state index is 0.278. The van der Waals surface area contributed by atoms with Crippen LogP contribution in [0.25, 0.3) is 22.3 Å². The third-order valence-corrected chi connectivity index (χ3v) is 4.45. The average molecular weight is 287 g/mol. The van der Waals surface area contributed by atoms with Crippen molar-refractivity contribution in [1.29, 1.82) is 0 Å². The molecule has 0 heterocycles. The summed E-state index contributed by atoms with van der Waals surface area (Å²) in [5, 5.41) is 9.88. The molecule has 1 aliphatic rings. The van der Waals surface area contributed by atoms with Gasteiger partial charge in [0, 0.05) is 6.54 Å². The summed E-state index contributed by atoms with van der Waals surface area (Å²) in [5.74, 6) is 0.278. The van der Waals surface area contributed by atoms with E-state index in [0.717, 1.165) is 17.5 Å². The van der Waals surface area contributed by atoms with E-state index in [9.17, 15) is 5.11 Å². The van der Waals surface area contributed by atoms with Gasteiger partial charge in [0.25, 0.3) is 0 Å². The molecule has 0 aliphatic heterocycles. The second kappa shape index (κ2) is 5.00. The first-order chi connectivity index (χ1) is 10.8. The number of fused-ring (bicyclic) bond motifs is 3. The van der Waals surface area contributed by atoms with Crippen molar-refractivity contribution < 1.29 is 5.11 Å². The van der Waals surface area contributed by atoms with Crippen molar-refractivity contribution in [1.82, 2.24) is 0 Å². The first kappa shape index (κ1) is 13.1. The zero-order valence-corrected chi connectivity index (χ0v) is 12.2. The molecule has 22 heavy (non-hydrogen) atoms. The predicted molar refractivity (Wildman–Crippen MR) is 89.7 cm³/mol. The lowest BCUT2D eigenvalue weighted by molar-refractivity contribution is 0.475. The molecule has 0 bridgehead atoms. The second-order valence-corrected chi connectivity index (χ2v) is 5.71. The van der Waals surface area contributed by atoms with Gasteiger partial charge in [-0.15, -0.1) is 0 Å². The van der Waals surface area contributed by atoms with Gasteiger partial charge in [-0.3, -0.25) is 0 Å². The minimum absolute atomic E-state index is 0.278. The molecule has 0 atom stereocenters. The summed E-state index contributed by atoms with van der Waals surface area (Å²) in [7, 11) is 0. The SMILES string of the molecule is NCc1ccc(O)cc1-c1cccc2c1Cc1ccccc1-2. The topological polar surface area (TPSA) is 46.2 Å². The number of aromatic hydroxyl groups is 1. The van der Waals surface area contributed by atoms with E-state index in [-0.39, 0.29) is 5.75 Å². The van der Waals surface area contributed by atoms with Crippen LogP contribution in [0.2, 0.25) is 0 Å². The summed E-state index contributed by atoms with van der Waals surface area (Å²) in [4.78, 5) is 0. The van der Waals surface area contributed by atoms with Crippen molar-refractivity contribution in [2.75, 3.05) is 0 Å². The highest BCUT2D eigenvalue weighted by atomic mass is 16.3. The Morgan fingerprint density at radius 1 is 0.818 bits per heavy atom. The van der Waals surface area contributed by atoms with Gasteiger partial charge in [0.15, 0.2) is 0 Å². The predicted octanol–water partition coefficient (Wildman–Crippen LogP) is 4.09. The van der Waals surface area contributed by atoms with E-state index in [1.807, 2.05) is 12.1 Å². The van der Waals surface area contributed by atoms with Gasteiger partial charge in [0.05, 0.1) is 0 Å². The Hall–Kier alpha value is -2.58. The Labute approximate surface area is 129 Å². The largest absolute Gasteiger partial charge is 0.508 e. The van der Waals surface area contributed by atoms with Crippen LogP contribution in [0.5, 0.6) is 5.75 Å². The van der Waals surface area contributed by atoms with Gasteiger partial charge < -0.3 is 10.8 Å². The van der Waals surface area contributed by atoms with Crippen LogP contribution in [0.4, 0.5) is 0 Å². The van der Waals surface area contributed by atoms with Crippen molar-refractivity contribution in [3.8, 4) is 28.0 Å². The van der Waals surface area contributed by atoms with Crippen molar-refractivity contribution in [2.24, 2.45) is 5.73 Å². The first-order valence-corrected chi connectivity index (χ1v) is 7.50. The molecule has 2 heteroatoms. The highest BCUT2D eigenvalue weighted by Gasteiger charge is 2.21. The van der Waals surface area contributed by atoms with Crippen molar-refractivity contribution in [3.05, 3.63) is 77.4 Å². The molecule has 0 aromatic heterocycles. The lowest BCUT2D eigenvalue weighted by Gasteiger charge is -2.13. The van der Waals surface area contributed by atoms with E-state index in [1.165, 1.54) is 27.8 Å². The van der Waals surface area contributed by atoms with E-state index in [0.29, 0.717) is 6.54 Å². The molecule has 2 nitrogen and oxygen atoms in total. The molecule has 0 amide bonds. The van der Waals surface area contributed by atoms with Gasteiger partial charge in [-0.25, -0.2) is 0 Å². The van der Waals surface area contributed by atoms with Crippen LogP contribution in [-0.2, 0) is 13.0 Å². The number of hydrogen-bond acceptors (Lipinski definition) is 2. The number of hydrogen-bond donors (Lipinski definition) is 2. The monoisotopic (exact) mass is 287 g/mol. The molecule has 0 unspecified atom stereocenters. The molecule has 108 valence electrons. The first-order valence-electron chi connectivity index (χ1n) is 7.50. The van der Waals surface area contributed by atoms with Gasteiger partial charge in [-0.05, 0) is 57.5 Å². The highest BCUT2D eigenvalue weighted by Crippen LogP contribution is 2.42. The average Bonchev–Trinajstić information content (AvgIpc) is 2.93. The summed E-state index contributed by atoms with van der Waals surface area (Å²) < 4.78 is 0. The third kappa shape index (κ3) is 1.92. The molecular formula is C20H17NO. The normalized spacial score (nSPS) is 12.0. The van der Waals surface area contributed by atoms with E-state index < -0.39 is 0 Å². The third-order valence-electron chi connectivity index (χ3n) is 4.45. The summed E-state index contributed by atoms with van der Waals surface area (Å²) in [6, 6.07) is 20.3. The van der Waals surface area contributed by atoms with Gasteiger partial charge in [-0.2, -0.15) is 0 Å². The zero-order valence-electron chi connectivity index (χ0n) is 12.2. The van der Waals surface area contributed by atoms with Crippen LogP contribution in [0.3, 0.4) is 0 Å². The van der Waals surface area contributed by atoms with Crippen molar-refractivity contribution in [3.63, 3.8) is 0 Å². The molecule has 0 fully saturated rings. The van der Waals surface area contributed by atoms with Crippen molar-refractivity contribution >= 4 is 0 Å². The fraction of sp³-hybridized carbons (Fsp3) is 0.100. The van der Waals surface area contributed by atoms with E-state index >= 15 is 0 Å². The molecule has 1 aliphatic carbocycles. The fourth-order valence-corrected chi connectivity index (χ4v) is 3.40. The van der Waals surface area contributed by atoms with Crippen LogP contribution in [-0.4, -0.2) is 5.11 Å². The molecule has 0 saturated carbocycles. The van der Waals surface area contributed by atoms with E-state index in [1.54, 1.807) is 6.07 Å². The Balaban J connectivity index is 1.95. The number of rotatable bonds is 2. The molecule has 3 N–H and O–H groups in total. The molecule has 3 aromatic rings. The van der Waals surface area contributed by atoms with Crippen LogP contribution in [0, 0.1) is 0 Å². The van der Waals surface area contributed by atoms with E-state index in [4.69, 9.17) is 5.73 Å². The van der Waals surface area contributed by atoms with Crippen molar-refractivity contribution in [2.45, 2.75) is 13.0 Å². The standard InChI is InChI=1S/C20H17NO/c21-12-14-8-9-15(22)11-19(14)18-7-3-6-17-16-5-2-1-4-13(16)10-20(17)18/h1-9,11,22H,10,12,21H2. The van der Waals surface area contributed by atoms with Gasteiger partial charge in [-0.1, -0.05) is 48.5 Å². The summed E-state index contributed by atoms with van der Waals surface area (Å²) in [5.41, 5.74) is 14.4. The lowest BCUT2D eigenvalue weighted by atomic mass is 9.92. The number of phenols is 1. The Morgan fingerprint density at radius 2 is 1.55 bits per heavy atom. The van der Waals surface area contributed by atoms with Gasteiger partial charge in [0.2, 0.25) is 0 Å². The van der Waals surface area contributed by atoms with Crippen LogP contribution in [0.15, 0.2) is 60.7 Å². The Bertz CT molecular complexity index is 867. The molecule has 0 spiro atoms. The molecule has 0 radical (unpaired) electrons. The Kier molecular flexibility index (Phi) is 2.98. The summed E-state index contributed by atoms with van der Waals surface area (Å²) in [6.07, 6.45) is 0.932. The smallest absolute Gasteiger partial charge is 0.116 e. The second-order valence-electron chi connectivity index (χ2n) is 5.71. The zero-order chi connectivity index (χ0) is 15.1. The van der Waals surface area contributed by atoms with Crippen LogP contribution >= 0.6 is 0 Å². The number of benzene rings is 3. The number of phenolic OH excluding ortho intramolecular Hbond substituents is 1. The summed E-state index contributed by atoms with van der Waals surface area (Å²) in [6.45, 7) is 0.465. The minimum Gasteiger partial charge on any atom is -0.508 e. The highest BCUT2D eigenvalue weighted by molar-refractivity contribution is 5.85. The molecular weight excluding hydrogens is 270 g/mol. The summed E-state index contributed by atoms with van der Waals surface area (Å²) >= 11 is 0. The Morgan fingerprint density at radius 3 is 2.36 bits per heavy atom. The fourth-order valence-electron chi connectivity index (χ4n) is 3.40. The maximum atomic E-state index is 9.88. The molecule has 3 aromatic carbocycles. The molecule has 4 rings (SSSR count). The van der Waals surface area contributed by atoms with Crippen LogP contribution < -0.4 is 5.73 Å². The maximum absolute atomic E-state index is 9.88. The lowest BCUT2D eigenvalue weighted by Crippen LogP contribution is -2.00.